The van der Waals surface area contributed by atoms with Gasteiger partial charge in [0.2, 0.25) is 0 Å². The SMILES string of the molecule is Cc1ccc(C)c(OCC(=O)Nc2ccc(Cl)c(C(=O)NC3CCCCC3)c2)c1. The van der Waals surface area contributed by atoms with E-state index in [1.54, 1.807) is 18.2 Å². The van der Waals surface area contributed by atoms with E-state index in [2.05, 4.69) is 10.6 Å². The first-order valence-electron chi connectivity index (χ1n) is 10.0. The van der Waals surface area contributed by atoms with Gasteiger partial charge in [0.1, 0.15) is 5.75 Å². The van der Waals surface area contributed by atoms with Crippen LogP contribution in [0.4, 0.5) is 5.69 Å². The van der Waals surface area contributed by atoms with Crippen molar-refractivity contribution in [2.75, 3.05) is 11.9 Å². The summed E-state index contributed by atoms with van der Waals surface area (Å²) in [5.74, 6) is 0.181. The van der Waals surface area contributed by atoms with Crippen LogP contribution in [0.15, 0.2) is 36.4 Å². The molecule has 1 saturated carbocycles. The number of anilines is 1. The molecule has 0 aromatic heterocycles. The van der Waals surface area contributed by atoms with Crippen molar-refractivity contribution in [1.29, 1.82) is 0 Å². The van der Waals surface area contributed by atoms with Gasteiger partial charge in [-0.15, -0.1) is 0 Å². The average molecular weight is 415 g/mol. The molecule has 0 heterocycles. The Kier molecular flexibility index (Phi) is 7.15. The summed E-state index contributed by atoms with van der Waals surface area (Å²) in [5, 5.41) is 6.19. The highest BCUT2D eigenvalue weighted by Gasteiger charge is 2.19. The molecule has 2 aromatic carbocycles. The molecule has 2 amide bonds. The molecule has 0 saturated heterocycles. The summed E-state index contributed by atoms with van der Waals surface area (Å²) in [6.45, 7) is 3.79. The van der Waals surface area contributed by atoms with Crippen LogP contribution >= 0.6 is 11.6 Å². The van der Waals surface area contributed by atoms with E-state index in [4.69, 9.17) is 16.3 Å². The summed E-state index contributed by atoms with van der Waals surface area (Å²) < 4.78 is 5.64. The van der Waals surface area contributed by atoms with Crippen molar-refractivity contribution in [3.05, 3.63) is 58.1 Å². The van der Waals surface area contributed by atoms with Crippen LogP contribution in [-0.2, 0) is 4.79 Å². The van der Waals surface area contributed by atoms with E-state index < -0.39 is 0 Å². The third-order valence-electron chi connectivity index (χ3n) is 5.14. The Labute approximate surface area is 176 Å². The Bertz CT molecular complexity index is 892. The molecule has 0 atom stereocenters. The number of rotatable bonds is 6. The van der Waals surface area contributed by atoms with Crippen LogP contribution in [-0.4, -0.2) is 24.5 Å². The van der Waals surface area contributed by atoms with Crippen LogP contribution in [0, 0.1) is 13.8 Å². The van der Waals surface area contributed by atoms with Crippen molar-refractivity contribution in [3.8, 4) is 5.75 Å². The zero-order chi connectivity index (χ0) is 20.8. The molecule has 0 aliphatic heterocycles. The molecule has 29 heavy (non-hydrogen) atoms. The molecule has 1 aliphatic carbocycles. The highest BCUT2D eigenvalue weighted by atomic mass is 35.5. The van der Waals surface area contributed by atoms with Crippen molar-refractivity contribution in [3.63, 3.8) is 0 Å². The van der Waals surface area contributed by atoms with Crippen molar-refractivity contribution < 1.29 is 14.3 Å². The fraction of sp³-hybridized carbons (Fsp3) is 0.391. The minimum absolute atomic E-state index is 0.115. The van der Waals surface area contributed by atoms with Gasteiger partial charge in [-0.25, -0.2) is 0 Å². The highest BCUT2D eigenvalue weighted by Crippen LogP contribution is 2.23. The second kappa shape index (κ2) is 9.79. The molecular formula is C23H27ClN2O3. The number of ether oxygens (including phenoxy) is 1. The Balaban J connectivity index is 1.60. The van der Waals surface area contributed by atoms with Gasteiger partial charge in [0.15, 0.2) is 6.61 Å². The van der Waals surface area contributed by atoms with Crippen molar-refractivity contribution in [2.45, 2.75) is 52.0 Å². The molecule has 1 fully saturated rings. The lowest BCUT2D eigenvalue weighted by atomic mass is 9.95. The summed E-state index contributed by atoms with van der Waals surface area (Å²) >= 11 is 6.22. The number of carbonyl (C=O) groups excluding carboxylic acids is 2. The lowest BCUT2D eigenvalue weighted by molar-refractivity contribution is -0.118. The van der Waals surface area contributed by atoms with Gasteiger partial charge < -0.3 is 15.4 Å². The topological polar surface area (TPSA) is 67.4 Å². The normalized spacial score (nSPS) is 14.3. The zero-order valence-corrected chi connectivity index (χ0v) is 17.6. The van der Waals surface area contributed by atoms with Gasteiger partial charge in [-0.1, -0.05) is 43.0 Å². The van der Waals surface area contributed by atoms with Gasteiger partial charge in [0.25, 0.3) is 11.8 Å². The summed E-state index contributed by atoms with van der Waals surface area (Å²) in [6.07, 6.45) is 5.48. The predicted molar refractivity (Wildman–Crippen MR) is 116 cm³/mol. The lowest BCUT2D eigenvalue weighted by Gasteiger charge is -2.23. The standard InChI is InChI=1S/C23H27ClN2O3/c1-15-8-9-16(2)21(12-15)29-14-22(27)25-18-10-11-20(24)19(13-18)23(28)26-17-6-4-3-5-7-17/h8-13,17H,3-7,14H2,1-2H3,(H,25,27)(H,26,28). The molecule has 2 aromatic rings. The maximum atomic E-state index is 12.6. The Morgan fingerprint density at radius 3 is 2.59 bits per heavy atom. The molecule has 0 spiro atoms. The first kappa shape index (κ1) is 21.2. The first-order chi connectivity index (χ1) is 13.9. The van der Waals surface area contributed by atoms with E-state index in [9.17, 15) is 9.59 Å². The van der Waals surface area contributed by atoms with Crippen LogP contribution in [0.2, 0.25) is 5.02 Å². The Morgan fingerprint density at radius 2 is 1.83 bits per heavy atom. The van der Waals surface area contributed by atoms with Gasteiger partial charge in [-0.05, 0) is 62.1 Å². The molecular weight excluding hydrogens is 388 g/mol. The second-order valence-corrected chi connectivity index (χ2v) is 8.02. The third-order valence-corrected chi connectivity index (χ3v) is 5.47. The minimum Gasteiger partial charge on any atom is -0.483 e. The minimum atomic E-state index is -0.299. The monoisotopic (exact) mass is 414 g/mol. The lowest BCUT2D eigenvalue weighted by Crippen LogP contribution is -2.36. The molecule has 2 N–H and O–H groups in total. The quantitative estimate of drug-likeness (QED) is 0.696. The second-order valence-electron chi connectivity index (χ2n) is 7.61. The van der Waals surface area contributed by atoms with E-state index in [0.717, 1.165) is 36.8 Å². The van der Waals surface area contributed by atoms with Crippen molar-refractivity contribution >= 4 is 29.1 Å². The summed E-state index contributed by atoms with van der Waals surface area (Å²) in [7, 11) is 0. The van der Waals surface area contributed by atoms with Gasteiger partial charge in [0, 0.05) is 11.7 Å². The van der Waals surface area contributed by atoms with Crippen molar-refractivity contribution in [2.24, 2.45) is 0 Å². The van der Waals surface area contributed by atoms with Crippen LogP contribution in [0.3, 0.4) is 0 Å². The predicted octanol–water partition coefficient (Wildman–Crippen LogP) is 5.04. The Hall–Kier alpha value is -2.53. The molecule has 0 radical (unpaired) electrons. The summed E-state index contributed by atoms with van der Waals surface area (Å²) in [5.41, 5.74) is 2.91. The maximum Gasteiger partial charge on any atom is 0.262 e. The van der Waals surface area contributed by atoms with Gasteiger partial charge >= 0.3 is 0 Å². The number of nitrogens with one attached hydrogen (secondary N) is 2. The summed E-state index contributed by atoms with van der Waals surface area (Å²) in [4.78, 5) is 24.9. The van der Waals surface area contributed by atoms with Crippen LogP contribution in [0.5, 0.6) is 5.75 Å². The molecule has 0 unspecified atom stereocenters. The highest BCUT2D eigenvalue weighted by molar-refractivity contribution is 6.34. The fourth-order valence-electron chi connectivity index (χ4n) is 3.49. The Morgan fingerprint density at radius 1 is 1.07 bits per heavy atom. The fourth-order valence-corrected chi connectivity index (χ4v) is 3.69. The molecule has 154 valence electrons. The zero-order valence-electron chi connectivity index (χ0n) is 16.9. The summed E-state index contributed by atoms with van der Waals surface area (Å²) in [6, 6.07) is 11.0. The van der Waals surface area contributed by atoms with Crippen LogP contribution < -0.4 is 15.4 Å². The molecule has 0 bridgehead atoms. The van der Waals surface area contributed by atoms with E-state index in [-0.39, 0.29) is 24.5 Å². The number of amides is 2. The number of hydrogen-bond donors (Lipinski definition) is 2. The van der Waals surface area contributed by atoms with Crippen LogP contribution in [0.25, 0.3) is 0 Å². The average Bonchev–Trinajstić information content (AvgIpc) is 2.71. The largest absolute Gasteiger partial charge is 0.483 e. The first-order valence-corrected chi connectivity index (χ1v) is 10.4. The van der Waals surface area contributed by atoms with E-state index in [0.29, 0.717) is 22.0 Å². The third kappa shape index (κ3) is 5.97. The number of halogens is 1. The molecule has 6 heteroatoms. The van der Waals surface area contributed by atoms with Gasteiger partial charge in [0.05, 0.1) is 10.6 Å². The molecule has 3 rings (SSSR count). The number of aryl methyl sites for hydroxylation is 2. The van der Waals surface area contributed by atoms with E-state index in [1.165, 1.54) is 6.42 Å². The van der Waals surface area contributed by atoms with Crippen molar-refractivity contribution in [1.82, 2.24) is 5.32 Å². The number of hydrogen-bond acceptors (Lipinski definition) is 3. The molecule has 5 nitrogen and oxygen atoms in total. The smallest absolute Gasteiger partial charge is 0.262 e. The van der Waals surface area contributed by atoms with Gasteiger partial charge in [-0.2, -0.15) is 0 Å². The number of carbonyl (C=O) groups is 2. The van der Waals surface area contributed by atoms with Crippen LogP contribution in [0.1, 0.15) is 53.6 Å². The number of benzene rings is 2. The van der Waals surface area contributed by atoms with E-state index in [1.807, 2.05) is 32.0 Å². The molecule has 1 aliphatic rings. The maximum absolute atomic E-state index is 12.6. The van der Waals surface area contributed by atoms with E-state index >= 15 is 0 Å². The van der Waals surface area contributed by atoms with Gasteiger partial charge in [-0.3, -0.25) is 9.59 Å².